The Labute approximate surface area is 95.0 Å². The van der Waals surface area contributed by atoms with Crippen LogP contribution < -0.4 is 10.5 Å². The van der Waals surface area contributed by atoms with Gasteiger partial charge in [0.2, 0.25) is 0 Å². The highest BCUT2D eigenvalue weighted by molar-refractivity contribution is 5.85. The summed E-state index contributed by atoms with van der Waals surface area (Å²) in [6, 6.07) is 3.19. The van der Waals surface area contributed by atoms with Gasteiger partial charge in [0.15, 0.2) is 0 Å². The maximum absolute atomic E-state index is 13.5. The SMILES string of the molecule is Cl.NCCCc1c(F)ccc2c1CCO2. The molecular formula is C11H15ClFNO. The Morgan fingerprint density at radius 2 is 2.20 bits per heavy atom. The van der Waals surface area contributed by atoms with Gasteiger partial charge >= 0.3 is 0 Å². The van der Waals surface area contributed by atoms with E-state index in [0.29, 0.717) is 13.2 Å². The fourth-order valence-electron chi connectivity index (χ4n) is 1.86. The van der Waals surface area contributed by atoms with Gasteiger partial charge in [0.05, 0.1) is 6.61 Å². The fourth-order valence-corrected chi connectivity index (χ4v) is 1.86. The third-order valence-electron chi connectivity index (χ3n) is 2.57. The van der Waals surface area contributed by atoms with Crippen molar-refractivity contribution in [2.45, 2.75) is 19.3 Å². The van der Waals surface area contributed by atoms with E-state index in [1.165, 1.54) is 6.07 Å². The van der Waals surface area contributed by atoms with Crippen molar-refractivity contribution in [3.05, 3.63) is 29.1 Å². The van der Waals surface area contributed by atoms with E-state index in [-0.39, 0.29) is 18.2 Å². The standard InChI is InChI=1S/C11H14FNO.ClH/c12-10-3-4-11-9(5-7-14-11)8(10)2-1-6-13;/h3-4H,1-2,5-7,13H2;1H. The van der Waals surface area contributed by atoms with Crippen LogP contribution in [-0.4, -0.2) is 13.2 Å². The lowest BCUT2D eigenvalue weighted by Crippen LogP contribution is -2.03. The highest BCUT2D eigenvalue weighted by Crippen LogP contribution is 2.30. The molecule has 0 atom stereocenters. The Kier molecular flexibility index (Phi) is 4.36. The van der Waals surface area contributed by atoms with E-state index >= 15 is 0 Å². The van der Waals surface area contributed by atoms with Gasteiger partial charge in [0.25, 0.3) is 0 Å². The van der Waals surface area contributed by atoms with Crippen molar-refractivity contribution < 1.29 is 9.13 Å². The van der Waals surface area contributed by atoms with Gasteiger partial charge in [-0.25, -0.2) is 4.39 Å². The molecule has 0 unspecified atom stereocenters. The van der Waals surface area contributed by atoms with Gasteiger partial charge in [-0.05, 0) is 37.1 Å². The van der Waals surface area contributed by atoms with Crippen molar-refractivity contribution in [2.75, 3.05) is 13.2 Å². The van der Waals surface area contributed by atoms with E-state index < -0.39 is 0 Å². The molecule has 0 saturated carbocycles. The van der Waals surface area contributed by atoms with Gasteiger partial charge in [0.1, 0.15) is 11.6 Å². The molecule has 0 spiro atoms. The zero-order valence-electron chi connectivity index (χ0n) is 8.46. The number of benzene rings is 1. The Morgan fingerprint density at radius 1 is 1.40 bits per heavy atom. The smallest absolute Gasteiger partial charge is 0.126 e. The molecule has 1 aromatic carbocycles. The fraction of sp³-hybridized carbons (Fsp3) is 0.455. The van der Waals surface area contributed by atoms with Crippen molar-refractivity contribution in [1.82, 2.24) is 0 Å². The van der Waals surface area contributed by atoms with E-state index in [0.717, 1.165) is 36.1 Å². The average molecular weight is 232 g/mol. The third kappa shape index (κ3) is 2.41. The molecule has 1 heterocycles. The topological polar surface area (TPSA) is 35.2 Å². The van der Waals surface area contributed by atoms with Gasteiger partial charge in [-0.15, -0.1) is 12.4 Å². The minimum atomic E-state index is -0.122. The Balaban J connectivity index is 0.00000112. The molecule has 1 aliphatic rings. The lowest BCUT2D eigenvalue weighted by molar-refractivity contribution is 0.356. The van der Waals surface area contributed by atoms with E-state index in [2.05, 4.69) is 0 Å². The number of halogens is 2. The average Bonchev–Trinajstić information content (AvgIpc) is 2.64. The maximum atomic E-state index is 13.5. The van der Waals surface area contributed by atoms with Gasteiger partial charge in [0, 0.05) is 12.0 Å². The molecule has 15 heavy (non-hydrogen) atoms. The summed E-state index contributed by atoms with van der Waals surface area (Å²) in [4.78, 5) is 0. The number of rotatable bonds is 3. The molecule has 4 heteroatoms. The van der Waals surface area contributed by atoms with Crippen LogP contribution in [0.3, 0.4) is 0 Å². The Bertz CT molecular complexity index is 344. The van der Waals surface area contributed by atoms with Crippen LogP contribution in [-0.2, 0) is 12.8 Å². The highest BCUT2D eigenvalue weighted by Gasteiger charge is 2.18. The number of hydrogen-bond acceptors (Lipinski definition) is 2. The van der Waals surface area contributed by atoms with Crippen molar-refractivity contribution in [2.24, 2.45) is 5.73 Å². The first-order valence-corrected chi connectivity index (χ1v) is 4.96. The second kappa shape index (κ2) is 5.33. The summed E-state index contributed by atoms with van der Waals surface area (Å²) >= 11 is 0. The van der Waals surface area contributed by atoms with Crippen molar-refractivity contribution in [1.29, 1.82) is 0 Å². The Morgan fingerprint density at radius 3 is 2.93 bits per heavy atom. The number of ether oxygens (including phenoxy) is 1. The lowest BCUT2D eigenvalue weighted by atomic mass is 10.0. The van der Waals surface area contributed by atoms with E-state index in [9.17, 15) is 4.39 Å². The van der Waals surface area contributed by atoms with Crippen LogP contribution >= 0.6 is 12.4 Å². The third-order valence-corrected chi connectivity index (χ3v) is 2.57. The molecule has 2 rings (SSSR count). The zero-order valence-corrected chi connectivity index (χ0v) is 9.28. The molecule has 0 aromatic heterocycles. The van der Waals surface area contributed by atoms with E-state index in [1.54, 1.807) is 6.07 Å². The first kappa shape index (κ1) is 12.3. The second-order valence-corrected chi connectivity index (χ2v) is 3.49. The molecule has 0 saturated heterocycles. The molecule has 84 valence electrons. The second-order valence-electron chi connectivity index (χ2n) is 3.49. The first-order valence-electron chi connectivity index (χ1n) is 4.96. The molecule has 2 nitrogen and oxygen atoms in total. The summed E-state index contributed by atoms with van der Waals surface area (Å²) in [5, 5.41) is 0. The zero-order chi connectivity index (χ0) is 9.97. The van der Waals surface area contributed by atoms with Gasteiger partial charge in [-0.1, -0.05) is 0 Å². The summed E-state index contributed by atoms with van der Waals surface area (Å²) in [6.45, 7) is 1.28. The van der Waals surface area contributed by atoms with Crippen LogP contribution in [0.1, 0.15) is 17.5 Å². The summed E-state index contributed by atoms with van der Waals surface area (Å²) in [5.74, 6) is 0.723. The summed E-state index contributed by atoms with van der Waals surface area (Å²) in [6.07, 6.45) is 2.37. The van der Waals surface area contributed by atoms with Crippen molar-refractivity contribution >= 4 is 12.4 Å². The molecule has 0 fully saturated rings. The number of hydrogen-bond donors (Lipinski definition) is 1. The summed E-state index contributed by atoms with van der Waals surface area (Å²) < 4.78 is 18.8. The van der Waals surface area contributed by atoms with Crippen LogP contribution in [0.2, 0.25) is 0 Å². The Hall–Kier alpha value is -0.800. The predicted octanol–water partition coefficient (Wildman–Crippen LogP) is 2.07. The van der Waals surface area contributed by atoms with Crippen LogP contribution in [0.25, 0.3) is 0 Å². The van der Waals surface area contributed by atoms with Crippen LogP contribution in [0.4, 0.5) is 4.39 Å². The minimum absolute atomic E-state index is 0. The predicted molar refractivity (Wildman–Crippen MR) is 60.2 cm³/mol. The monoisotopic (exact) mass is 231 g/mol. The maximum Gasteiger partial charge on any atom is 0.126 e. The highest BCUT2D eigenvalue weighted by atomic mass is 35.5. The first-order chi connectivity index (χ1) is 6.83. The molecule has 0 bridgehead atoms. The quantitative estimate of drug-likeness (QED) is 0.865. The largest absolute Gasteiger partial charge is 0.493 e. The van der Waals surface area contributed by atoms with Crippen LogP contribution in [0.5, 0.6) is 5.75 Å². The minimum Gasteiger partial charge on any atom is -0.493 e. The van der Waals surface area contributed by atoms with Crippen molar-refractivity contribution in [3.63, 3.8) is 0 Å². The molecule has 0 aliphatic carbocycles. The number of fused-ring (bicyclic) bond motifs is 1. The lowest BCUT2D eigenvalue weighted by Gasteiger charge is -2.07. The van der Waals surface area contributed by atoms with Gasteiger partial charge < -0.3 is 10.5 Å². The molecular weight excluding hydrogens is 217 g/mol. The number of nitrogens with two attached hydrogens (primary N) is 1. The normalized spacial score (nSPS) is 12.9. The molecule has 1 aliphatic heterocycles. The molecule has 2 N–H and O–H groups in total. The van der Waals surface area contributed by atoms with Crippen molar-refractivity contribution in [3.8, 4) is 5.75 Å². The van der Waals surface area contributed by atoms with Gasteiger partial charge in [-0.2, -0.15) is 0 Å². The summed E-state index contributed by atoms with van der Waals surface area (Å²) in [5.41, 5.74) is 7.25. The van der Waals surface area contributed by atoms with E-state index in [1.807, 2.05) is 0 Å². The van der Waals surface area contributed by atoms with E-state index in [4.69, 9.17) is 10.5 Å². The van der Waals surface area contributed by atoms with Gasteiger partial charge in [-0.3, -0.25) is 0 Å². The summed E-state index contributed by atoms with van der Waals surface area (Å²) in [7, 11) is 0. The van der Waals surface area contributed by atoms with Crippen LogP contribution in [0.15, 0.2) is 12.1 Å². The molecule has 1 aromatic rings. The van der Waals surface area contributed by atoms with Crippen LogP contribution in [0, 0.1) is 5.82 Å². The molecule has 0 radical (unpaired) electrons. The molecule has 0 amide bonds.